The lowest BCUT2D eigenvalue weighted by atomic mass is 9.85. The summed E-state index contributed by atoms with van der Waals surface area (Å²) in [5, 5.41) is 15.1. The Balaban J connectivity index is 1.74. The van der Waals surface area contributed by atoms with Crippen molar-refractivity contribution in [1.29, 1.82) is 5.26 Å². The number of ether oxygens (including phenoxy) is 1. The number of nitrogens with two attached hydrogens (primary N) is 1. The van der Waals surface area contributed by atoms with Gasteiger partial charge in [0.1, 0.15) is 17.8 Å². The molecule has 1 fully saturated rings. The third-order valence-corrected chi connectivity index (χ3v) is 4.93. The number of para-hydroxylation sites is 1. The molecule has 0 bridgehead atoms. The minimum absolute atomic E-state index is 0.0665. The number of rotatable bonds is 5. The fourth-order valence-electron chi connectivity index (χ4n) is 3.52. The highest BCUT2D eigenvalue weighted by atomic mass is 16.5. The fourth-order valence-corrected chi connectivity index (χ4v) is 3.52. The quantitative estimate of drug-likeness (QED) is 0.815. The molecule has 1 aromatic rings. The van der Waals surface area contributed by atoms with Gasteiger partial charge in [0, 0.05) is 12.3 Å². The highest BCUT2D eigenvalue weighted by molar-refractivity contribution is 6.38. The summed E-state index contributed by atoms with van der Waals surface area (Å²) in [4.78, 5) is 24.3. The Morgan fingerprint density at radius 2 is 1.92 bits per heavy atom. The molecule has 3 rings (SSSR count). The van der Waals surface area contributed by atoms with E-state index in [9.17, 15) is 14.9 Å². The minimum Gasteiger partial charge on any atom is -0.442 e. The molecule has 0 spiro atoms. The summed E-state index contributed by atoms with van der Waals surface area (Å²) in [5.41, 5.74) is 6.26. The van der Waals surface area contributed by atoms with Gasteiger partial charge in [0.05, 0.1) is 5.69 Å². The average molecular weight is 354 g/mol. The van der Waals surface area contributed by atoms with Crippen molar-refractivity contribution in [3.05, 3.63) is 30.3 Å². The predicted octanol–water partition coefficient (Wildman–Crippen LogP) is 2.12. The molecule has 0 unspecified atom stereocenters. The first-order valence-electron chi connectivity index (χ1n) is 8.92. The number of nitrogens with zero attached hydrogens (tertiary/aromatic N) is 3. The maximum absolute atomic E-state index is 12.5. The van der Waals surface area contributed by atoms with Crippen LogP contribution in [0.5, 0.6) is 0 Å². The van der Waals surface area contributed by atoms with Crippen LogP contribution in [0.1, 0.15) is 38.5 Å². The van der Waals surface area contributed by atoms with Crippen molar-refractivity contribution in [1.82, 2.24) is 0 Å². The molecule has 1 aliphatic carbocycles. The zero-order valence-electron chi connectivity index (χ0n) is 14.5. The number of primary amides is 1. The molecule has 2 aliphatic rings. The van der Waals surface area contributed by atoms with Gasteiger partial charge in [-0.3, -0.25) is 9.80 Å². The van der Waals surface area contributed by atoms with Crippen molar-refractivity contribution in [2.24, 2.45) is 16.8 Å². The first kappa shape index (κ1) is 17.9. The number of carbonyl (C=O) groups excluding carboxylic acids is 2. The molecule has 1 aromatic carbocycles. The van der Waals surface area contributed by atoms with E-state index >= 15 is 0 Å². The Morgan fingerprint density at radius 1 is 1.23 bits per heavy atom. The van der Waals surface area contributed by atoms with Crippen molar-refractivity contribution in [3.8, 4) is 6.07 Å². The van der Waals surface area contributed by atoms with Gasteiger partial charge >= 0.3 is 5.97 Å². The number of hydrogen-bond donors (Lipinski definition) is 1. The zero-order chi connectivity index (χ0) is 18.5. The van der Waals surface area contributed by atoms with E-state index in [4.69, 9.17) is 10.5 Å². The predicted molar refractivity (Wildman–Crippen MR) is 96.0 cm³/mol. The molecule has 1 aliphatic heterocycles. The summed E-state index contributed by atoms with van der Waals surface area (Å²) in [7, 11) is 0. The number of nitriles is 1. The van der Waals surface area contributed by atoms with Gasteiger partial charge in [-0.25, -0.2) is 4.79 Å². The van der Waals surface area contributed by atoms with E-state index < -0.39 is 24.0 Å². The number of hydrogen-bond acceptors (Lipinski definition) is 6. The van der Waals surface area contributed by atoms with Crippen LogP contribution in [-0.2, 0) is 14.3 Å². The van der Waals surface area contributed by atoms with E-state index in [0.717, 1.165) is 32.1 Å². The number of benzene rings is 1. The van der Waals surface area contributed by atoms with Crippen LogP contribution in [0.2, 0.25) is 0 Å². The van der Waals surface area contributed by atoms with Crippen LogP contribution in [0.25, 0.3) is 0 Å². The monoisotopic (exact) mass is 354 g/mol. The zero-order valence-corrected chi connectivity index (χ0v) is 14.5. The van der Waals surface area contributed by atoms with E-state index in [0.29, 0.717) is 5.69 Å². The fraction of sp³-hybridized carbons (Fsp3) is 0.474. The van der Waals surface area contributed by atoms with Crippen molar-refractivity contribution in [2.45, 2.75) is 50.7 Å². The topological polar surface area (TPSA) is 109 Å². The first-order valence-corrected chi connectivity index (χ1v) is 8.92. The standard InChI is InChI=1S/C19H22N4O3/c20-12-17(13-7-3-1-4-8-13)26-19(25)15-11-16(18(21)24)23(22-15)14-9-5-2-6-10-14/h2,5-6,9-10,13,16-17H,1,3-4,7-8,11H2,(H2,21,24)/t16-,17+/m1/s1. The third-order valence-electron chi connectivity index (χ3n) is 4.93. The van der Waals surface area contributed by atoms with Gasteiger partial charge in [-0.2, -0.15) is 10.4 Å². The first-order chi connectivity index (χ1) is 12.6. The smallest absolute Gasteiger partial charge is 0.355 e. The Kier molecular flexibility index (Phi) is 5.52. The molecule has 2 atom stereocenters. The van der Waals surface area contributed by atoms with Gasteiger partial charge in [0.2, 0.25) is 5.91 Å². The van der Waals surface area contributed by atoms with Crippen LogP contribution in [0.3, 0.4) is 0 Å². The van der Waals surface area contributed by atoms with Crippen molar-refractivity contribution < 1.29 is 14.3 Å². The van der Waals surface area contributed by atoms with Crippen LogP contribution >= 0.6 is 0 Å². The van der Waals surface area contributed by atoms with Crippen LogP contribution in [0.15, 0.2) is 35.4 Å². The summed E-state index contributed by atoms with van der Waals surface area (Å²) >= 11 is 0. The molecule has 1 amide bonds. The molecule has 136 valence electrons. The van der Waals surface area contributed by atoms with E-state index in [1.165, 1.54) is 5.01 Å². The molecule has 7 heteroatoms. The van der Waals surface area contributed by atoms with Gasteiger partial charge in [0.15, 0.2) is 6.10 Å². The Morgan fingerprint density at radius 3 is 2.54 bits per heavy atom. The Labute approximate surface area is 152 Å². The summed E-state index contributed by atoms with van der Waals surface area (Å²) in [5.74, 6) is -1.15. The number of hydrazone groups is 1. The second-order valence-corrected chi connectivity index (χ2v) is 6.70. The number of amides is 1. The molecule has 1 saturated carbocycles. The van der Waals surface area contributed by atoms with Gasteiger partial charge in [-0.05, 0) is 25.0 Å². The lowest BCUT2D eigenvalue weighted by Crippen LogP contribution is -2.39. The number of anilines is 1. The van der Waals surface area contributed by atoms with Crippen molar-refractivity contribution in [2.75, 3.05) is 5.01 Å². The molecule has 0 radical (unpaired) electrons. The second-order valence-electron chi connectivity index (χ2n) is 6.70. The molecule has 26 heavy (non-hydrogen) atoms. The van der Waals surface area contributed by atoms with Crippen LogP contribution in [0.4, 0.5) is 5.69 Å². The largest absolute Gasteiger partial charge is 0.442 e. The maximum Gasteiger partial charge on any atom is 0.355 e. The lowest BCUT2D eigenvalue weighted by molar-refractivity contribution is -0.140. The normalized spacial score (nSPS) is 21.6. The molecule has 0 aromatic heterocycles. The molecule has 7 nitrogen and oxygen atoms in total. The molecule has 2 N–H and O–H groups in total. The summed E-state index contributed by atoms with van der Waals surface area (Å²) in [6.45, 7) is 0. The van der Waals surface area contributed by atoms with E-state index in [-0.39, 0.29) is 18.1 Å². The van der Waals surface area contributed by atoms with Crippen LogP contribution < -0.4 is 10.7 Å². The minimum atomic E-state index is -0.775. The second kappa shape index (κ2) is 8.00. The Hall–Kier alpha value is -2.88. The van der Waals surface area contributed by atoms with Gasteiger partial charge in [-0.15, -0.1) is 0 Å². The van der Waals surface area contributed by atoms with E-state index in [2.05, 4.69) is 11.2 Å². The number of esters is 1. The highest BCUT2D eigenvalue weighted by Gasteiger charge is 2.37. The van der Waals surface area contributed by atoms with Crippen molar-refractivity contribution >= 4 is 23.3 Å². The molecular weight excluding hydrogens is 332 g/mol. The van der Waals surface area contributed by atoms with Crippen LogP contribution in [-0.4, -0.2) is 29.7 Å². The Bertz CT molecular complexity index is 735. The highest BCUT2D eigenvalue weighted by Crippen LogP contribution is 2.29. The molecule has 1 heterocycles. The van der Waals surface area contributed by atoms with Gasteiger partial charge in [-0.1, -0.05) is 37.5 Å². The van der Waals surface area contributed by atoms with Gasteiger partial charge in [0.25, 0.3) is 0 Å². The summed E-state index contributed by atoms with van der Waals surface area (Å²) < 4.78 is 5.43. The molecular formula is C19H22N4O3. The molecule has 0 saturated heterocycles. The third kappa shape index (κ3) is 3.85. The van der Waals surface area contributed by atoms with Crippen molar-refractivity contribution in [3.63, 3.8) is 0 Å². The van der Waals surface area contributed by atoms with Crippen LogP contribution in [0, 0.1) is 17.2 Å². The van der Waals surface area contributed by atoms with Gasteiger partial charge < -0.3 is 10.5 Å². The SMILES string of the molecule is N#C[C@H](OC(=O)C1=NN(c2ccccc2)[C@@H](C(N)=O)C1)C1CCCCC1. The summed E-state index contributed by atoms with van der Waals surface area (Å²) in [6.07, 6.45) is 4.33. The summed E-state index contributed by atoms with van der Waals surface area (Å²) in [6, 6.07) is 10.4. The van der Waals surface area contributed by atoms with E-state index in [1.807, 2.05) is 18.2 Å². The lowest BCUT2D eigenvalue weighted by Gasteiger charge is -2.25. The average Bonchev–Trinajstić information content (AvgIpc) is 3.13. The van der Waals surface area contributed by atoms with E-state index in [1.54, 1.807) is 12.1 Å². The number of carbonyl (C=O) groups is 2. The maximum atomic E-state index is 12.5.